The van der Waals surface area contributed by atoms with Crippen LogP contribution in [0.25, 0.3) is 22.3 Å². The van der Waals surface area contributed by atoms with Gasteiger partial charge in [0.15, 0.2) is 12.4 Å². The summed E-state index contributed by atoms with van der Waals surface area (Å²) in [6, 6.07) is 14.0. The smallest absolute Gasteiger partial charge is 0.243 e. The van der Waals surface area contributed by atoms with Crippen molar-refractivity contribution in [3.05, 3.63) is 54.3 Å². The van der Waals surface area contributed by atoms with Gasteiger partial charge in [-0.15, -0.1) is 5.10 Å². The van der Waals surface area contributed by atoms with Gasteiger partial charge in [0.1, 0.15) is 22.5 Å². The van der Waals surface area contributed by atoms with Crippen molar-refractivity contribution in [3.8, 4) is 17.0 Å². The first-order valence-corrected chi connectivity index (χ1v) is 12.5. The first-order chi connectivity index (χ1) is 16.4. The van der Waals surface area contributed by atoms with E-state index in [0.717, 1.165) is 24.2 Å². The quantitative estimate of drug-likeness (QED) is 0.394. The molecule has 0 radical (unpaired) electrons. The molecule has 5 rings (SSSR count). The zero-order valence-corrected chi connectivity index (χ0v) is 19.7. The molecule has 0 spiro atoms. The van der Waals surface area contributed by atoms with Crippen molar-refractivity contribution in [2.24, 2.45) is 5.92 Å². The number of hydrogen-bond donors (Lipinski definition) is 0. The fraction of sp³-hybridized carbons (Fsp3) is 0.348. The van der Waals surface area contributed by atoms with Crippen LogP contribution in [0.4, 0.5) is 0 Å². The van der Waals surface area contributed by atoms with E-state index < -0.39 is 10.0 Å². The third-order valence-corrected chi connectivity index (χ3v) is 7.78. The van der Waals surface area contributed by atoms with Gasteiger partial charge in [-0.1, -0.05) is 16.9 Å². The average Bonchev–Trinajstić information content (AvgIpc) is 3.49. The molecular formula is C23H25N5O5S. The standard InChI is InChI=1S/C23H25N5O5S/c1-16-4-3-11-27(14-16)34(29,30)20-9-10-21-23(13-20)28(26-24-21)32-15-19-12-22(25-33-19)17-5-7-18(31-2)8-6-17/h5-10,12-13,16H,3-4,11,14-15H2,1-2H3. The van der Waals surface area contributed by atoms with Gasteiger partial charge in [-0.3, -0.25) is 0 Å². The maximum absolute atomic E-state index is 13.2. The molecule has 0 aliphatic carbocycles. The van der Waals surface area contributed by atoms with Crippen LogP contribution >= 0.6 is 0 Å². The number of aromatic nitrogens is 4. The summed E-state index contributed by atoms with van der Waals surface area (Å²) >= 11 is 0. The molecule has 1 atom stereocenters. The summed E-state index contributed by atoms with van der Waals surface area (Å²) in [7, 11) is -2.00. The zero-order valence-electron chi connectivity index (χ0n) is 18.9. The minimum atomic E-state index is -3.61. The van der Waals surface area contributed by atoms with E-state index in [-0.39, 0.29) is 11.5 Å². The second-order valence-corrected chi connectivity index (χ2v) is 10.3. The van der Waals surface area contributed by atoms with Crippen LogP contribution in [0.2, 0.25) is 0 Å². The highest BCUT2D eigenvalue weighted by Gasteiger charge is 2.29. The molecule has 34 heavy (non-hydrogen) atoms. The van der Waals surface area contributed by atoms with E-state index in [0.29, 0.717) is 41.5 Å². The summed E-state index contributed by atoms with van der Waals surface area (Å²) in [5.41, 5.74) is 2.53. The van der Waals surface area contributed by atoms with Gasteiger partial charge >= 0.3 is 0 Å². The average molecular weight is 484 g/mol. The van der Waals surface area contributed by atoms with Crippen LogP contribution in [0.5, 0.6) is 5.75 Å². The topological polar surface area (TPSA) is 113 Å². The molecule has 1 saturated heterocycles. The molecule has 0 saturated carbocycles. The molecule has 11 heteroatoms. The van der Waals surface area contributed by atoms with Gasteiger partial charge in [-0.25, -0.2) is 8.42 Å². The van der Waals surface area contributed by atoms with E-state index in [1.807, 2.05) is 24.3 Å². The lowest BCUT2D eigenvalue weighted by molar-refractivity contribution is 0.0610. The van der Waals surface area contributed by atoms with Gasteiger partial charge < -0.3 is 14.1 Å². The van der Waals surface area contributed by atoms with Crippen LogP contribution in [0.1, 0.15) is 25.5 Å². The number of fused-ring (bicyclic) bond motifs is 1. The summed E-state index contributed by atoms with van der Waals surface area (Å²) in [5.74, 6) is 1.58. The van der Waals surface area contributed by atoms with Crippen molar-refractivity contribution >= 4 is 21.1 Å². The number of methoxy groups -OCH3 is 1. The van der Waals surface area contributed by atoms with Crippen molar-refractivity contribution in [2.45, 2.75) is 31.3 Å². The summed E-state index contributed by atoms with van der Waals surface area (Å²) in [4.78, 5) is 7.15. The van der Waals surface area contributed by atoms with Crippen LogP contribution in [0.3, 0.4) is 0 Å². The van der Waals surface area contributed by atoms with Crippen LogP contribution in [-0.4, -0.2) is 53.2 Å². The molecule has 0 bridgehead atoms. The van der Waals surface area contributed by atoms with Crippen LogP contribution < -0.4 is 9.57 Å². The zero-order chi connectivity index (χ0) is 23.7. The number of nitrogens with zero attached hydrogens (tertiary/aromatic N) is 5. The van der Waals surface area contributed by atoms with Crippen molar-refractivity contribution in [1.82, 2.24) is 24.6 Å². The Hall–Kier alpha value is -3.44. The van der Waals surface area contributed by atoms with Gasteiger partial charge in [0.25, 0.3) is 0 Å². The Morgan fingerprint density at radius 2 is 1.97 bits per heavy atom. The molecule has 0 amide bonds. The molecule has 2 aromatic heterocycles. The summed E-state index contributed by atoms with van der Waals surface area (Å²) in [6.07, 6.45) is 1.90. The molecule has 10 nitrogen and oxygen atoms in total. The third-order valence-electron chi connectivity index (χ3n) is 5.92. The number of rotatable bonds is 7. The van der Waals surface area contributed by atoms with Crippen LogP contribution in [-0.2, 0) is 16.6 Å². The highest BCUT2D eigenvalue weighted by atomic mass is 32.2. The Kier molecular flexibility index (Phi) is 5.96. The van der Waals surface area contributed by atoms with Crippen molar-refractivity contribution in [2.75, 3.05) is 20.2 Å². The minimum Gasteiger partial charge on any atom is -0.497 e. The second kappa shape index (κ2) is 9.07. The van der Waals surface area contributed by atoms with Gasteiger partial charge in [0.2, 0.25) is 10.0 Å². The molecule has 2 aromatic carbocycles. The molecule has 1 fully saturated rings. The number of benzene rings is 2. The van der Waals surface area contributed by atoms with E-state index in [4.69, 9.17) is 14.1 Å². The van der Waals surface area contributed by atoms with Crippen LogP contribution in [0, 0.1) is 5.92 Å². The molecule has 3 heterocycles. The minimum absolute atomic E-state index is 0.0439. The predicted molar refractivity (Wildman–Crippen MR) is 123 cm³/mol. The first kappa shape index (κ1) is 22.4. The number of piperidine rings is 1. The Morgan fingerprint density at radius 1 is 1.15 bits per heavy atom. The molecule has 1 aliphatic rings. The van der Waals surface area contributed by atoms with E-state index >= 15 is 0 Å². The molecule has 0 N–H and O–H groups in total. The van der Waals surface area contributed by atoms with E-state index in [2.05, 4.69) is 22.4 Å². The van der Waals surface area contributed by atoms with Gasteiger partial charge in [0.05, 0.1) is 12.0 Å². The van der Waals surface area contributed by atoms with Gasteiger partial charge in [-0.05, 0) is 66.4 Å². The third kappa shape index (κ3) is 4.36. The Labute approximate surface area is 197 Å². The SMILES string of the molecule is COc1ccc(-c2cc(COn3nnc4ccc(S(=O)(=O)N5CCCC(C)C5)cc43)on2)cc1. The lowest BCUT2D eigenvalue weighted by Gasteiger charge is -2.30. The highest BCUT2D eigenvalue weighted by Crippen LogP contribution is 2.26. The van der Waals surface area contributed by atoms with Crippen molar-refractivity contribution in [1.29, 1.82) is 0 Å². The number of hydrogen-bond acceptors (Lipinski definition) is 8. The molecule has 4 aromatic rings. The fourth-order valence-corrected chi connectivity index (χ4v) is 5.67. The molecule has 1 unspecified atom stereocenters. The molecule has 178 valence electrons. The second-order valence-electron chi connectivity index (χ2n) is 8.40. The highest BCUT2D eigenvalue weighted by molar-refractivity contribution is 7.89. The maximum atomic E-state index is 13.2. The monoisotopic (exact) mass is 483 g/mol. The van der Waals surface area contributed by atoms with E-state index in [1.54, 1.807) is 35.7 Å². The lowest BCUT2D eigenvalue weighted by atomic mass is 10.0. The van der Waals surface area contributed by atoms with Crippen molar-refractivity contribution < 1.29 is 22.5 Å². The summed E-state index contributed by atoms with van der Waals surface area (Å²) < 4.78 is 38.4. The van der Waals surface area contributed by atoms with Gasteiger partial charge in [0, 0.05) is 24.7 Å². The van der Waals surface area contributed by atoms with Gasteiger partial charge in [-0.2, -0.15) is 4.31 Å². The normalized spacial score (nSPS) is 17.2. The predicted octanol–water partition coefficient (Wildman–Crippen LogP) is 3.14. The number of ether oxygens (including phenoxy) is 1. The largest absolute Gasteiger partial charge is 0.497 e. The Morgan fingerprint density at radius 3 is 2.74 bits per heavy atom. The molecular weight excluding hydrogens is 458 g/mol. The molecule has 1 aliphatic heterocycles. The lowest BCUT2D eigenvalue weighted by Crippen LogP contribution is -2.39. The summed E-state index contributed by atoms with van der Waals surface area (Å²) in [6.45, 7) is 3.17. The number of sulfonamides is 1. The Balaban J connectivity index is 1.33. The van der Waals surface area contributed by atoms with E-state index in [1.165, 1.54) is 4.85 Å². The van der Waals surface area contributed by atoms with Crippen molar-refractivity contribution in [3.63, 3.8) is 0 Å². The fourth-order valence-electron chi connectivity index (χ4n) is 4.05. The Bertz CT molecular complexity index is 1400. The van der Waals surface area contributed by atoms with E-state index in [9.17, 15) is 8.42 Å². The van der Waals surface area contributed by atoms with Crippen LogP contribution in [0.15, 0.2) is 57.9 Å². The first-order valence-electron chi connectivity index (χ1n) is 11.0. The maximum Gasteiger partial charge on any atom is 0.243 e. The summed E-state index contributed by atoms with van der Waals surface area (Å²) in [5, 5.41) is 12.2.